The fourth-order valence-corrected chi connectivity index (χ4v) is 3.89. The molecule has 3 aromatic carbocycles. The van der Waals surface area contributed by atoms with E-state index in [4.69, 9.17) is 16.3 Å². The maximum Gasteiger partial charge on any atom is 0.573 e. The van der Waals surface area contributed by atoms with Gasteiger partial charge in [-0.2, -0.15) is 0 Å². The first-order valence-corrected chi connectivity index (χ1v) is 10.2. The highest BCUT2D eigenvalue weighted by Gasteiger charge is 2.30. The summed E-state index contributed by atoms with van der Waals surface area (Å²) in [5.41, 5.74) is 0.232. The van der Waals surface area contributed by atoms with Crippen molar-refractivity contribution >= 4 is 51.7 Å². The fourth-order valence-electron chi connectivity index (χ4n) is 2.64. The van der Waals surface area contributed by atoms with E-state index in [0.717, 1.165) is 27.8 Å². The molecule has 3 rings (SSSR count). The first kappa shape index (κ1) is 22.8. The smallest absolute Gasteiger partial charge is 0.455 e. The van der Waals surface area contributed by atoms with Crippen molar-refractivity contribution in [3.05, 3.63) is 65.7 Å². The van der Waals surface area contributed by atoms with Gasteiger partial charge in [-0.05, 0) is 41.8 Å². The molecule has 0 bridgehead atoms. The fraction of sp³-hybridized carbons (Fsp3) is 0.143. The Kier molecular flexibility index (Phi) is 7.29. The molecule has 0 radical (unpaired) electrons. The van der Waals surface area contributed by atoms with Crippen molar-refractivity contribution in [2.45, 2.75) is 11.3 Å². The normalized spacial score (nSPS) is 11.2. The minimum atomic E-state index is -4.80. The van der Waals surface area contributed by atoms with Crippen molar-refractivity contribution in [2.24, 2.45) is 0 Å². The number of carbonyl (C=O) groups excluding carboxylic acids is 2. The van der Waals surface area contributed by atoms with Crippen LogP contribution in [0.25, 0.3) is 10.8 Å². The molecule has 0 fully saturated rings. The van der Waals surface area contributed by atoms with Gasteiger partial charge in [0.15, 0.2) is 6.61 Å². The van der Waals surface area contributed by atoms with Crippen LogP contribution in [-0.2, 0) is 14.3 Å². The lowest BCUT2D eigenvalue weighted by molar-refractivity contribution is -0.274. The standard InChI is InChI=1S/C21H15ClF3NO4S/c22-16-5-1-3-13-4-2-6-17(20(13)16)31-12-19(28)29-11-18(27)26-14-7-9-15(10-8-14)30-21(23,24)25/h1-10H,11-12H2,(H,26,27). The molecule has 10 heteroatoms. The van der Waals surface area contributed by atoms with Crippen molar-refractivity contribution in [3.8, 4) is 5.75 Å². The monoisotopic (exact) mass is 469 g/mol. The predicted octanol–water partition coefficient (Wildman–Crippen LogP) is 5.67. The van der Waals surface area contributed by atoms with Crippen LogP contribution in [0.5, 0.6) is 5.75 Å². The van der Waals surface area contributed by atoms with E-state index in [1.165, 1.54) is 23.9 Å². The van der Waals surface area contributed by atoms with Gasteiger partial charge in [0.25, 0.3) is 5.91 Å². The largest absolute Gasteiger partial charge is 0.573 e. The molecular formula is C21H15ClF3NO4S. The molecule has 0 saturated carbocycles. The van der Waals surface area contributed by atoms with E-state index >= 15 is 0 Å². The number of benzene rings is 3. The number of alkyl halides is 3. The van der Waals surface area contributed by atoms with E-state index < -0.39 is 30.6 Å². The molecule has 31 heavy (non-hydrogen) atoms. The number of hydrogen-bond acceptors (Lipinski definition) is 5. The second kappa shape index (κ2) is 9.93. The highest BCUT2D eigenvalue weighted by molar-refractivity contribution is 8.00. The number of hydrogen-bond donors (Lipinski definition) is 1. The van der Waals surface area contributed by atoms with Gasteiger partial charge in [0.05, 0.1) is 5.75 Å². The first-order chi connectivity index (χ1) is 14.7. The Balaban J connectivity index is 1.47. The van der Waals surface area contributed by atoms with Crippen LogP contribution in [0.1, 0.15) is 0 Å². The van der Waals surface area contributed by atoms with Crippen LogP contribution in [0.3, 0.4) is 0 Å². The summed E-state index contributed by atoms with van der Waals surface area (Å²) in [5.74, 6) is -1.67. The third-order valence-corrected chi connectivity index (χ3v) is 5.24. The van der Waals surface area contributed by atoms with Gasteiger partial charge in [0, 0.05) is 21.0 Å². The number of thioether (sulfide) groups is 1. The lowest BCUT2D eigenvalue weighted by Gasteiger charge is -2.10. The molecule has 0 aliphatic heterocycles. The van der Waals surface area contributed by atoms with Gasteiger partial charge in [-0.25, -0.2) is 0 Å². The number of nitrogens with one attached hydrogen (secondary N) is 1. The summed E-state index contributed by atoms with van der Waals surface area (Å²) < 4.78 is 45.1. The van der Waals surface area contributed by atoms with Crippen molar-refractivity contribution in [1.29, 1.82) is 0 Å². The zero-order chi connectivity index (χ0) is 22.4. The zero-order valence-corrected chi connectivity index (χ0v) is 17.3. The van der Waals surface area contributed by atoms with E-state index in [2.05, 4.69) is 10.1 Å². The van der Waals surface area contributed by atoms with Gasteiger partial charge in [0.2, 0.25) is 0 Å². The molecule has 0 spiro atoms. The van der Waals surface area contributed by atoms with E-state index in [1.807, 2.05) is 30.3 Å². The van der Waals surface area contributed by atoms with Gasteiger partial charge in [-0.15, -0.1) is 24.9 Å². The van der Waals surface area contributed by atoms with Crippen LogP contribution >= 0.6 is 23.4 Å². The van der Waals surface area contributed by atoms with Crippen molar-refractivity contribution < 1.29 is 32.2 Å². The summed E-state index contributed by atoms with van der Waals surface area (Å²) in [5, 5.41) is 4.76. The summed E-state index contributed by atoms with van der Waals surface area (Å²) in [4.78, 5) is 24.7. The first-order valence-electron chi connectivity index (χ1n) is 8.82. The predicted molar refractivity (Wildman–Crippen MR) is 112 cm³/mol. The molecule has 0 aliphatic carbocycles. The number of carbonyl (C=O) groups is 2. The number of amides is 1. The van der Waals surface area contributed by atoms with Gasteiger partial charge in [-0.1, -0.05) is 35.9 Å². The topological polar surface area (TPSA) is 64.6 Å². The number of ether oxygens (including phenoxy) is 2. The summed E-state index contributed by atoms with van der Waals surface area (Å²) in [7, 11) is 0. The maximum absolute atomic E-state index is 12.1. The lowest BCUT2D eigenvalue weighted by Crippen LogP contribution is -2.21. The molecule has 1 N–H and O–H groups in total. The Morgan fingerprint density at radius 3 is 2.35 bits per heavy atom. The molecular weight excluding hydrogens is 455 g/mol. The average Bonchev–Trinajstić information content (AvgIpc) is 2.71. The molecule has 0 aromatic heterocycles. The van der Waals surface area contributed by atoms with Crippen LogP contribution < -0.4 is 10.1 Å². The van der Waals surface area contributed by atoms with Gasteiger partial charge in [-0.3, -0.25) is 9.59 Å². The summed E-state index contributed by atoms with van der Waals surface area (Å²) in [6.07, 6.45) is -4.80. The van der Waals surface area contributed by atoms with Crippen LogP contribution in [0, 0.1) is 0 Å². The maximum atomic E-state index is 12.1. The van der Waals surface area contributed by atoms with Crippen LogP contribution in [0.4, 0.5) is 18.9 Å². The van der Waals surface area contributed by atoms with Gasteiger partial charge >= 0.3 is 12.3 Å². The van der Waals surface area contributed by atoms with Crippen molar-refractivity contribution in [2.75, 3.05) is 17.7 Å². The third-order valence-electron chi connectivity index (χ3n) is 3.90. The molecule has 162 valence electrons. The van der Waals surface area contributed by atoms with Gasteiger partial charge < -0.3 is 14.8 Å². The lowest BCUT2D eigenvalue weighted by atomic mass is 10.1. The molecule has 0 atom stereocenters. The third kappa shape index (κ3) is 6.80. The Bertz CT molecular complexity index is 1080. The highest BCUT2D eigenvalue weighted by atomic mass is 35.5. The second-order valence-electron chi connectivity index (χ2n) is 6.16. The molecule has 5 nitrogen and oxygen atoms in total. The number of esters is 1. The Labute approximate surface area is 184 Å². The molecule has 0 saturated heterocycles. The molecule has 3 aromatic rings. The Hall–Kier alpha value is -2.91. The van der Waals surface area contributed by atoms with Gasteiger partial charge in [0.1, 0.15) is 5.75 Å². The summed E-state index contributed by atoms with van der Waals surface area (Å²) in [6.45, 7) is -0.531. The number of rotatable bonds is 7. The molecule has 0 heterocycles. The highest BCUT2D eigenvalue weighted by Crippen LogP contribution is 2.33. The molecule has 0 unspecified atom stereocenters. The van der Waals surface area contributed by atoms with Crippen molar-refractivity contribution in [3.63, 3.8) is 0 Å². The van der Waals surface area contributed by atoms with E-state index in [1.54, 1.807) is 6.07 Å². The molecule has 0 aliphatic rings. The van der Waals surface area contributed by atoms with E-state index in [9.17, 15) is 22.8 Å². The zero-order valence-electron chi connectivity index (χ0n) is 15.7. The summed E-state index contributed by atoms with van der Waals surface area (Å²) >= 11 is 7.49. The minimum Gasteiger partial charge on any atom is -0.455 e. The van der Waals surface area contributed by atoms with Crippen LogP contribution in [-0.4, -0.2) is 30.6 Å². The number of anilines is 1. The molecule has 1 amide bonds. The SMILES string of the molecule is O=C(COC(=O)CSc1cccc2cccc(Cl)c12)Nc1ccc(OC(F)(F)F)cc1. The average molecular weight is 470 g/mol. The Morgan fingerprint density at radius 1 is 1.00 bits per heavy atom. The summed E-state index contributed by atoms with van der Waals surface area (Å²) in [6, 6.07) is 15.7. The number of fused-ring (bicyclic) bond motifs is 1. The van der Waals surface area contributed by atoms with Crippen LogP contribution in [0.2, 0.25) is 5.02 Å². The van der Waals surface area contributed by atoms with Crippen LogP contribution in [0.15, 0.2) is 65.6 Å². The van der Waals surface area contributed by atoms with E-state index in [0.29, 0.717) is 5.02 Å². The Morgan fingerprint density at radius 2 is 1.68 bits per heavy atom. The second-order valence-corrected chi connectivity index (χ2v) is 7.59. The minimum absolute atomic E-state index is 0.0267. The van der Waals surface area contributed by atoms with Crippen molar-refractivity contribution in [1.82, 2.24) is 0 Å². The quantitative estimate of drug-likeness (QED) is 0.357. The van der Waals surface area contributed by atoms with E-state index in [-0.39, 0.29) is 11.4 Å². The number of halogens is 4.